The molecular formula is C21H21F2N3O3S2. The fraction of sp³-hybridized carbons (Fsp3) is 0.286. The van der Waals surface area contributed by atoms with Gasteiger partial charge in [-0.05, 0) is 51.5 Å². The molecule has 0 aliphatic carbocycles. The molecule has 0 fully saturated rings. The van der Waals surface area contributed by atoms with Gasteiger partial charge in [-0.3, -0.25) is 4.79 Å². The van der Waals surface area contributed by atoms with Crippen molar-refractivity contribution in [3.8, 4) is 0 Å². The lowest BCUT2D eigenvalue weighted by atomic mass is 9.94. The molecule has 1 aliphatic heterocycles. The Labute approximate surface area is 187 Å². The van der Waals surface area contributed by atoms with Crippen LogP contribution < -0.4 is 16.0 Å². The molecule has 10 heteroatoms. The third-order valence-corrected chi connectivity index (χ3v) is 6.22. The monoisotopic (exact) mass is 465 g/mol. The number of carbonyl (C=O) groups excluding carboxylic acids is 2. The molecule has 0 unspecified atom stereocenters. The highest BCUT2D eigenvalue weighted by Gasteiger charge is 2.33. The minimum atomic E-state index is -0.942. The summed E-state index contributed by atoms with van der Waals surface area (Å²) < 4.78 is 33.0. The van der Waals surface area contributed by atoms with Gasteiger partial charge in [0.1, 0.15) is 16.6 Å². The molecule has 0 spiro atoms. The third kappa shape index (κ3) is 4.59. The van der Waals surface area contributed by atoms with Crippen molar-refractivity contribution in [1.29, 1.82) is 0 Å². The average molecular weight is 466 g/mol. The second-order valence-electron chi connectivity index (χ2n) is 6.90. The number of hydrogen-bond acceptors (Lipinski definition) is 5. The van der Waals surface area contributed by atoms with Crippen LogP contribution in [-0.2, 0) is 9.53 Å². The van der Waals surface area contributed by atoms with E-state index in [1.807, 2.05) is 6.92 Å². The first kappa shape index (κ1) is 22.8. The summed E-state index contributed by atoms with van der Waals surface area (Å²) in [6, 6.07) is 2.18. The summed E-state index contributed by atoms with van der Waals surface area (Å²) in [5.74, 6) is -2.63. The van der Waals surface area contributed by atoms with Crippen LogP contribution in [0.4, 0.5) is 13.8 Å². The van der Waals surface area contributed by atoms with Crippen molar-refractivity contribution in [2.24, 2.45) is 0 Å². The van der Waals surface area contributed by atoms with Gasteiger partial charge in [-0.25, -0.2) is 13.6 Å². The van der Waals surface area contributed by atoms with Crippen LogP contribution in [0.2, 0.25) is 0 Å². The molecule has 0 radical (unpaired) electrons. The zero-order valence-corrected chi connectivity index (χ0v) is 18.9. The number of halogens is 2. The number of aryl methyl sites for hydroxylation is 1. The van der Waals surface area contributed by atoms with Crippen molar-refractivity contribution < 1.29 is 23.1 Å². The van der Waals surface area contributed by atoms with Crippen LogP contribution in [0.15, 0.2) is 29.5 Å². The summed E-state index contributed by atoms with van der Waals surface area (Å²) in [5, 5.41) is 9.02. The Balaban J connectivity index is 2.01. The SMILES string of the molecule is CCOC(=O)c1c(NC(=O)C2=C(C)NC(=S)N[C@@H]2c2ccc(F)cc2F)sc(C)c1C. The second kappa shape index (κ2) is 9.11. The molecule has 0 saturated carbocycles. The summed E-state index contributed by atoms with van der Waals surface area (Å²) in [4.78, 5) is 26.5. The molecule has 3 N–H and O–H groups in total. The Morgan fingerprint density at radius 1 is 1.26 bits per heavy atom. The van der Waals surface area contributed by atoms with E-state index in [9.17, 15) is 18.4 Å². The fourth-order valence-electron chi connectivity index (χ4n) is 3.30. The van der Waals surface area contributed by atoms with E-state index in [4.69, 9.17) is 17.0 Å². The molecule has 1 aliphatic rings. The van der Waals surface area contributed by atoms with Crippen molar-refractivity contribution >= 4 is 45.5 Å². The summed E-state index contributed by atoms with van der Waals surface area (Å²) in [6.45, 7) is 7.14. The number of thiocarbonyl (C=S) groups is 1. The Hall–Kier alpha value is -2.85. The zero-order valence-electron chi connectivity index (χ0n) is 17.3. The number of allylic oxidation sites excluding steroid dienone is 1. The summed E-state index contributed by atoms with van der Waals surface area (Å²) in [7, 11) is 0. The van der Waals surface area contributed by atoms with E-state index >= 15 is 0 Å². The van der Waals surface area contributed by atoms with Gasteiger partial charge in [0.05, 0.1) is 23.8 Å². The van der Waals surface area contributed by atoms with Gasteiger partial charge in [0, 0.05) is 22.2 Å². The lowest BCUT2D eigenvalue weighted by Crippen LogP contribution is -2.46. The number of ether oxygens (including phenoxy) is 1. The Bertz CT molecular complexity index is 1110. The number of esters is 1. The Morgan fingerprint density at radius 2 is 1.97 bits per heavy atom. The maximum absolute atomic E-state index is 14.5. The largest absolute Gasteiger partial charge is 0.462 e. The smallest absolute Gasteiger partial charge is 0.341 e. The van der Waals surface area contributed by atoms with Crippen LogP contribution in [0.3, 0.4) is 0 Å². The normalized spacial score (nSPS) is 15.9. The molecule has 0 saturated heterocycles. The highest BCUT2D eigenvalue weighted by Crippen LogP contribution is 2.35. The highest BCUT2D eigenvalue weighted by molar-refractivity contribution is 7.80. The highest BCUT2D eigenvalue weighted by atomic mass is 32.1. The molecule has 3 rings (SSSR count). The molecule has 31 heavy (non-hydrogen) atoms. The van der Waals surface area contributed by atoms with Crippen LogP contribution in [0.1, 0.15) is 46.3 Å². The lowest BCUT2D eigenvalue weighted by Gasteiger charge is -2.30. The van der Waals surface area contributed by atoms with E-state index in [0.29, 0.717) is 16.3 Å². The first-order valence-corrected chi connectivity index (χ1v) is 10.7. The van der Waals surface area contributed by atoms with Gasteiger partial charge in [-0.15, -0.1) is 11.3 Å². The van der Waals surface area contributed by atoms with Crippen molar-refractivity contribution in [3.05, 3.63) is 62.7 Å². The van der Waals surface area contributed by atoms with Gasteiger partial charge >= 0.3 is 5.97 Å². The summed E-state index contributed by atoms with van der Waals surface area (Å²) in [5.41, 5.74) is 1.65. The van der Waals surface area contributed by atoms with Gasteiger partial charge in [-0.1, -0.05) is 6.07 Å². The van der Waals surface area contributed by atoms with Crippen LogP contribution in [0.25, 0.3) is 0 Å². The minimum Gasteiger partial charge on any atom is -0.462 e. The van der Waals surface area contributed by atoms with Gasteiger partial charge in [-0.2, -0.15) is 0 Å². The second-order valence-corrected chi connectivity index (χ2v) is 8.53. The molecule has 164 valence electrons. The molecule has 1 atom stereocenters. The predicted molar refractivity (Wildman–Crippen MR) is 119 cm³/mol. The first-order valence-electron chi connectivity index (χ1n) is 9.45. The molecule has 1 aromatic carbocycles. The molecule has 6 nitrogen and oxygen atoms in total. The van der Waals surface area contributed by atoms with Crippen molar-refractivity contribution in [1.82, 2.24) is 10.6 Å². The van der Waals surface area contributed by atoms with E-state index in [0.717, 1.165) is 17.0 Å². The van der Waals surface area contributed by atoms with Crippen LogP contribution >= 0.6 is 23.6 Å². The standard InChI is InChI=1S/C21H21F2N3O3S2/c1-5-29-20(28)15-9(2)11(4)31-19(15)26-18(27)16-10(3)24-21(30)25-17(16)13-7-6-12(22)8-14(13)23/h6-8,17H,5H2,1-4H3,(H,26,27)(H2,24,25,30)/t17-/m1/s1. The predicted octanol–water partition coefficient (Wildman–Crippen LogP) is 4.25. The number of thiophene rings is 1. The van der Waals surface area contributed by atoms with Gasteiger partial charge < -0.3 is 20.7 Å². The number of carbonyl (C=O) groups is 2. The number of benzene rings is 1. The summed E-state index contributed by atoms with van der Waals surface area (Å²) >= 11 is 6.40. The fourth-order valence-corrected chi connectivity index (χ4v) is 4.61. The first-order chi connectivity index (χ1) is 14.6. The molecule has 2 heterocycles. The Kier molecular flexibility index (Phi) is 6.71. The third-order valence-electron chi connectivity index (χ3n) is 4.88. The number of hydrogen-bond donors (Lipinski definition) is 3. The molecular weight excluding hydrogens is 444 g/mol. The van der Waals surface area contributed by atoms with Crippen molar-refractivity contribution in [3.63, 3.8) is 0 Å². The topological polar surface area (TPSA) is 79.5 Å². The van der Waals surface area contributed by atoms with Crippen LogP contribution in [0.5, 0.6) is 0 Å². The quantitative estimate of drug-likeness (QED) is 0.453. The van der Waals surface area contributed by atoms with E-state index in [2.05, 4.69) is 16.0 Å². The lowest BCUT2D eigenvalue weighted by molar-refractivity contribution is -0.113. The van der Waals surface area contributed by atoms with E-state index in [1.165, 1.54) is 17.4 Å². The van der Waals surface area contributed by atoms with Crippen molar-refractivity contribution in [2.75, 3.05) is 11.9 Å². The minimum absolute atomic E-state index is 0.0684. The van der Waals surface area contributed by atoms with E-state index in [-0.39, 0.29) is 28.4 Å². The average Bonchev–Trinajstić information content (AvgIpc) is 2.94. The number of anilines is 1. The molecule has 2 aromatic rings. The van der Waals surface area contributed by atoms with Crippen molar-refractivity contribution in [2.45, 2.75) is 33.7 Å². The van der Waals surface area contributed by atoms with Gasteiger partial charge in [0.25, 0.3) is 5.91 Å². The maximum Gasteiger partial charge on any atom is 0.341 e. The Morgan fingerprint density at radius 3 is 2.61 bits per heavy atom. The number of rotatable bonds is 5. The number of nitrogens with one attached hydrogen (secondary N) is 3. The molecule has 1 aromatic heterocycles. The van der Waals surface area contributed by atoms with E-state index < -0.39 is 29.6 Å². The molecule has 1 amide bonds. The summed E-state index contributed by atoms with van der Waals surface area (Å²) in [6.07, 6.45) is 0. The number of amides is 1. The van der Waals surface area contributed by atoms with E-state index in [1.54, 1.807) is 20.8 Å². The van der Waals surface area contributed by atoms with Crippen LogP contribution in [0, 0.1) is 25.5 Å². The van der Waals surface area contributed by atoms with Gasteiger partial charge in [0.15, 0.2) is 5.11 Å². The van der Waals surface area contributed by atoms with Crippen LogP contribution in [-0.4, -0.2) is 23.6 Å². The maximum atomic E-state index is 14.5. The molecule has 0 bridgehead atoms. The zero-order chi connectivity index (χ0) is 22.9. The van der Waals surface area contributed by atoms with Gasteiger partial charge in [0.2, 0.25) is 0 Å².